The molecule has 1 unspecified atom stereocenters. The van der Waals surface area contributed by atoms with Crippen LogP contribution in [0.2, 0.25) is 0 Å². The van der Waals surface area contributed by atoms with Gasteiger partial charge in [-0.25, -0.2) is 0 Å². The monoisotopic (exact) mass is 242 g/mol. The average molecular weight is 242 g/mol. The summed E-state index contributed by atoms with van der Waals surface area (Å²) < 4.78 is 0. The third kappa shape index (κ3) is 2.88. The van der Waals surface area contributed by atoms with Gasteiger partial charge in [-0.05, 0) is 30.8 Å². The van der Waals surface area contributed by atoms with E-state index in [0.29, 0.717) is 6.04 Å². The Bertz CT molecular complexity index is 488. The second-order valence-corrected chi connectivity index (χ2v) is 4.71. The van der Waals surface area contributed by atoms with Gasteiger partial charge in [-0.1, -0.05) is 44.5 Å². The maximum atomic E-state index is 4.62. The molecule has 2 nitrogen and oxygen atoms in total. The Morgan fingerprint density at radius 1 is 1.11 bits per heavy atom. The first kappa shape index (κ1) is 13.0. The molecule has 2 aromatic rings. The van der Waals surface area contributed by atoms with E-state index < -0.39 is 0 Å². The molecule has 0 bridgehead atoms. The number of hydrogen-bond donors (Lipinski definition) is 1. The van der Waals surface area contributed by atoms with Gasteiger partial charge in [0.15, 0.2) is 0 Å². The van der Waals surface area contributed by atoms with Crippen LogP contribution in [0.15, 0.2) is 36.5 Å². The third-order valence-corrected chi connectivity index (χ3v) is 3.25. The quantitative estimate of drug-likeness (QED) is 0.825. The van der Waals surface area contributed by atoms with Crippen molar-refractivity contribution >= 4 is 10.8 Å². The van der Waals surface area contributed by atoms with Crippen LogP contribution in [0.25, 0.3) is 10.8 Å². The molecule has 0 spiro atoms. The fourth-order valence-electron chi connectivity index (χ4n) is 2.36. The maximum Gasteiger partial charge on any atom is 0.0651 e. The molecule has 0 aliphatic heterocycles. The van der Waals surface area contributed by atoms with Crippen molar-refractivity contribution in [2.75, 3.05) is 6.54 Å². The van der Waals surface area contributed by atoms with Gasteiger partial charge in [0, 0.05) is 11.6 Å². The zero-order valence-electron chi connectivity index (χ0n) is 11.3. The van der Waals surface area contributed by atoms with E-state index in [1.54, 1.807) is 0 Å². The molecule has 1 N–H and O–H groups in total. The molecule has 1 aromatic heterocycles. The molecule has 0 radical (unpaired) electrons. The molecule has 0 aliphatic rings. The number of benzene rings is 1. The van der Waals surface area contributed by atoms with Gasteiger partial charge in [0.05, 0.1) is 11.7 Å². The first-order chi connectivity index (χ1) is 8.86. The van der Waals surface area contributed by atoms with Gasteiger partial charge in [0.1, 0.15) is 0 Å². The standard InChI is InChI=1S/C16H22N2/c1-3-7-15(17-11-4-2)16-14-9-6-5-8-13(14)10-12-18-16/h5-6,8-10,12,15,17H,3-4,7,11H2,1-2H3. The summed E-state index contributed by atoms with van der Waals surface area (Å²) in [6.07, 6.45) is 5.40. The number of pyridine rings is 1. The van der Waals surface area contributed by atoms with Crippen LogP contribution in [0.1, 0.15) is 44.8 Å². The average Bonchev–Trinajstić information content (AvgIpc) is 2.43. The number of hydrogen-bond acceptors (Lipinski definition) is 2. The van der Waals surface area contributed by atoms with Crippen molar-refractivity contribution in [3.63, 3.8) is 0 Å². The van der Waals surface area contributed by atoms with E-state index in [0.717, 1.165) is 19.4 Å². The second-order valence-electron chi connectivity index (χ2n) is 4.71. The number of rotatable bonds is 6. The van der Waals surface area contributed by atoms with Crippen LogP contribution in [0, 0.1) is 0 Å². The molecule has 1 heterocycles. The zero-order valence-corrected chi connectivity index (χ0v) is 11.3. The topological polar surface area (TPSA) is 24.9 Å². The molecular formula is C16H22N2. The van der Waals surface area contributed by atoms with Crippen LogP contribution in [-0.4, -0.2) is 11.5 Å². The molecule has 2 heteroatoms. The Hall–Kier alpha value is -1.41. The number of aromatic nitrogens is 1. The lowest BCUT2D eigenvalue weighted by Gasteiger charge is -2.19. The largest absolute Gasteiger partial charge is 0.309 e. The summed E-state index contributed by atoms with van der Waals surface area (Å²) in [7, 11) is 0. The lowest BCUT2D eigenvalue weighted by Crippen LogP contribution is -2.23. The first-order valence-corrected chi connectivity index (χ1v) is 6.93. The molecule has 1 aromatic carbocycles. The Morgan fingerprint density at radius 2 is 1.94 bits per heavy atom. The third-order valence-electron chi connectivity index (χ3n) is 3.25. The zero-order chi connectivity index (χ0) is 12.8. The predicted octanol–water partition coefficient (Wildman–Crippen LogP) is 4.08. The molecule has 18 heavy (non-hydrogen) atoms. The van der Waals surface area contributed by atoms with Gasteiger partial charge >= 0.3 is 0 Å². The van der Waals surface area contributed by atoms with Crippen molar-refractivity contribution < 1.29 is 0 Å². The lowest BCUT2D eigenvalue weighted by molar-refractivity contribution is 0.487. The Labute approximate surface area is 109 Å². The molecule has 0 fully saturated rings. The smallest absolute Gasteiger partial charge is 0.0651 e. The van der Waals surface area contributed by atoms with Crippen LogP contribution < -0.4 is 5.32 Å². The lowest BCUT2D eigenvalue weighted by atomic mass is 10.0. The number of fused-ring (bicyclic) bond motifs is 1. The molecule has 0 saturated carbocycles. The van der Waals surface area contributed by atoms with Gasteiger partial charge in [-0.3, -0.25) is 4.98 Å². The highest BCUT2D eigenvalue weighted by Gasteiger charge is 2.13. The van der Waals surface area contributed by atoms with Gasteiger partial charge in [0.2, 0.25) is 0 Å². The van der Waals surface area contributed by atoms with E-state index >= 15 is 0 Å². The highest BCUT2D eigenvalue weighted by Crippen LogP contribution is 2.24. The van der Waals surface area contributed by atoms with Crippen LogP contribution in [0.4, 0.5) is 0 Å². The van der Waals surface area contributed by atoms with E-state index in [1.165, 1.54) is 22.9 Å². The fourth-order valence-corrected chi connectivity index (χ4v) is 2.36. The predicted molar refractivity (Wildman–Crippen MR) is 77.7 cm³/mol. The van der Waals surface area contributed by atoms with Crippen molar-refractivity contribution in [3.8, 4) is 0 Å². The maximum absolute atomic E-state index is 4.62. The van der Waals surface area contributed by atoms with E-state index in [4.69, 9.17) is 0 Å². The fraction of sp³-hybridized carbons (Fsp3) is 0.438. The minimum absolute atomic E-state index is 0.376. The highest BCUT2D eigenvalue weighted by molar-refractivity contribution is 5.84. The number of nitrogens with one attached hydrogen (secondary N) is 1. The van der Waals surface area contributed by atoms with Crippen LogP contribution in [0.3, 0.4) is 0 Å². The Balaban J connectivity index is 2.36. The first-order valence-electron chi connectivity index (χ1n) is 6.93. The molecular weight excluding hydrogens is 220 g/mol. The normalized spacial score (nSPS) is 12.8. The summed E-state index contributed by atoms with van der Waals surface area (Å²) in [4.78, 5) is 4.62. The SMILES string of the molecule is CCCNC(CCC)c1nccc2ccccc12. The Kier molecular flexibility index (Phi) is 4.71. The Morgan fingerprint density at radius 3 is 2.72 bits per heavy atom. The van der Waals surface area contributed by atoms with E-state index in [-0.39, 0.29) is 0 Å². The summed E-state index contributed by atoms with van der Waals surface area (Å²) in [5.74, 6) is 0. The summed E-state index contributed by atoms with van der Waals surface area (Å²) in [6.45, 7) is 5.48. The molecule has 0 saturated heterocycles. The van der Waals surface area contributed by atoms with Crippen molar-refractivity contribution in [2.45, 2.75) is 39.2 Å². The minimum Gasteiger partial charge on any atom is -0.309 e. The van der Waals surface area contributed by atoms with Crippen LogP contribution in [-0.2, 0) is 0 Å². The molecule has 0 amide bonds. The van der Waals surface area contributed by atoms with Gasteiger partial charge in [-0.2, -0.15) is 0 Å². The number of nitrogens with zero attached hydrogens (tertiary/aromatic N) is 1. The highest BCUT2D eigenvalue weighted by atomic mass is 14.9. The summed E-state index contributed by atoms with van der Waals surface area (Å²) in [5.41, 5.74) is 1.20. The van der Waals surface area contributed by atoms with Crippen LogP contribution >= 0.6 is 0 Å². The van der Waals surface area contributed by atoms with Crippen LogP contribution in [0.5, 0.6) is 0 Å². The summed E-state index contributed by atoms with van der Waals surface area (Å²) in [5, 5.41) is 6.18. The minimum atomic E-state index is 0.376. The van der Waals surface area contributed by atoms with Gasteiger partial charge in [-0.15, -0.1) is 0 Å². The van der Waals surface area contributed by atoms with E-state index in [9.17, 15) is 0 Å². The van der Waals surface area contributed by atoms with E-state index in [2.05, 4.69) is 54.5 Å². The molecule has 96 valence electrons. The molecule has 1 atom stereocenters. The van der Waals surface area contributed by atoms with Crippen molar-refractivity contribution in [1.82, 2.24) is 10.3 Å². The summed E-state index contributed by atoms with van der Waals surface area (Å²) in [6, 6.07) is 11.0. The molecule has 0 aliphatic carbocycles. The second kappa shape index (κ2) is 6.50. The van der Waals surface area contributed by atoms with E-state index in [1.807, 2.05) is 6.20 Å². The van der Waals surface area contributed by atoms with Crippen molar-refractivity contribution in [3.05, 3.63) is 42.2 Å². The van der Waals surface area contributed by atoms with Gasteiger partial charge < -0.3 is 5.32 Å². The van der Waals surface area contributed by atoms with Crippen molar-refractivity contribution in [2.24, 2.45) is 0 Å². The molecule has 2 rings (SSSR count). The van der Waals surface area contributed by atoms with Crippen molar-refractivity contribution in [1.29, 1.82) is 0 Å². The summed E-state index contributed by atoms with van der Waals surface area (Å²) >= 11 is 0. The van der Waals surface area contributed by atoms with Gasteiger partial charge in [0.25, 0.3) is 0 Å².